The van der Waals surface area contributed by atoms with E-state index in [-0.39, 0.29) is 0 Å². The third-order valence-corrected chi connectivity index (χ3v) is 6.04. The van der Waals surface area contributed by atoms with E-state index in [0.717, 1.165) is 40.3 Å². The number of nitrogens with zero attached hydrogens (tertiary/aromatic N) is 2. The maximum Gasteiger partial charge on any atom is 0.177 e. The molecule has 2 aromatic carbocycles. The van der Waals surface area contributed by atoms with E-state index in [1.54, 1.807) is 0 Å². The van der Waals surface area contributed by atoms with Gasteiger partial charge in [0.1, 0.15) is 5.82 Å². The van der Waals surface area contributed by atoms with E-state index in [1.807, 2.05) is 32.2 Å². The molecule has 1 aliphatic heterocycles. The zero-order chi connectivity index (χ0) is 21.0. The smallest absolute Gasteiger partial charge is 0.177 e. The average Bonchev–Trinajstić information content (AvgIpc) is 3.01. The fourth-order valence-corrected chi connectivity index (χ4v) is 4.63. The number of rotatable bonds is 5. The number of halogens is 2. The number of hydrogen-bond acceptors (Lipinski definition) is 3. The summed E-state index contributed by atoms with van der Waals surface area (Å²) in [5.74, 6) is 1.38. The molecule has 150 valence electrons. The van der Waals surface area contributed by atoms with Crippen LogP contribution in [-0.2, 0) is 6.42 Å². The molecule has 0 fully saturated rings. The predicted octanol–water partition coefficient (Wildman–Crippen LogP) is 6.25. The molecule has 1 aromatic heterocycles. The highest BCUT2D eigenvalue weighted by atomic mass is 127. The fourth-order valence-electron chi connectivity index (χ4n) is 3.47. The third kappa shape index (κ3) is 4.81. The molecule has 0 aliphatic carbocycles. The molecule has 2 N–H and O–H groups in total. The highest BCUT2D eigenvalue weighted by Gasteiger charge is 2.15. The summed E-state index contributed by atoms with van der Waals surface area (Å²) in [6, 6.07) is 10.4. The number of fused-ring (bicyclic) bond motifs is 3. The van der Waals surface area contributed by atoms with E-state index in [1.165, 1.54) is 16.5 Å². The number of allylic oxidation sites excluding steroid dienone is 1. The van der Waals surface area contributed by atoms with Crippen LogP contribution in [-0.4, -0.2) is 23.5 Å². The van der Waals surface area contributed by atoms with Crippen molar-refractivity contribution in [3.63, 3.8) is 0 Å². The maximum absolute atomic E-state index is 6.28. The Bertz CT molecular complexity index is 1070. The van der Waals surface area contributed by atoms with Gasteiger partial charge in [-0.1, -0.05) is 32.4 Å². The van der Waals surface area contributed by atoms with Crippen LogP contribution in [0.2, 0.25) is 5.02 Å². The van der Waals surface area contributed by atoms with Crippen LogP contribution in [0.1, 0.15) is 32.8 Å². The minimum absolute atomic E-state index is 0.489. The molecule has 4 nitrogen and oxygen atoms in total. The van der Waals surface area contributed by atoms with Crippen molar-refractivity contribution in [2.45, 2.75) is 33.6 Å². The molecule has 0 saturated carbocycles. The van der Waals surface area contributed by atoms with Crippen molar-refractivity contribution in [2.24, 2.45) is 10.9 Å². The summed E-state index contributed by atoms with van der Waals surface area (Å²) in [7, 11) is 5.53. The Kier molecular flexibility index (Phi) is 7.65. The second-order valence-electron chi connectivity index (χ2n) is 6.88. The number of aliphatic imine (C=N–C) groups is 1. The average molecular weight is 519 g/mol. The summed E-state index contributed by atoms with van der Waals surface area (Å²) in [6.07, 6.45) is 5.97. The lowest BCUT2D eigenvalue weighted by Crippen LogP contribution is -2.13. The molecule has 1 unspecified atom stereocenters. The number of nitrogens with one attached hydrogen (secondary N) is 2. The summed E-state index contributed by atoms with van der Waals surface area (Å²) in [6.45, 7) is 6.87. The lowest BCUT2D eigenvalue weighted by atomic mass is 10.0. The molecule has 0 bridgehead atoms. The van der Waals surface area contributed by atoms with Crippen LogP contribution in [0.5, 0.6) is 0 Å². The molecule has 4 rings (SSSR count). The van der Waals surface area contributed by atoms with E-state index >= 15 is 0 Å². The van der Waals surface area contributed by atoms with Gasteiger partial charge in [-0.05, 0) is 67.3 Å². The van der Waals surface area contributed by atoms with Gasteiger partial charge in [0.2, 0.25) is 0 Å². The predicted molar refractivity (Wildman–Crippen MR) is 137 cm³/mol. The SMILES string of the molecule is CC.[B]NCCc1cc(NC2=CCC(C)C=N2)cc2c3cc(Cl)ccc3n(I)c12. The van der Waals surface area contributed by atoms with Gasteiger partial charge < -0.3 is 10.5 Å². The Morgan fingerprint density at radius 2 is 2.03 bits per heavy atom. The molecule has 0 spiro atoms. The van der Waals surface area contributed by atoms with Gasteiger partial charge in [0.05, 0.1) is 33.9 Å². The van der Waals surface area contributed by atoms with E-state index in [9.17, 15) is 0 Å². The first-order valence-electron chi connectivity index (χ1n) is 9.94. The Morgan fingerprint density at radius 1 is 1.24 bits per heavy atom. The Balaban J connectivity index is 0.00000117. The largest absolute Gasteiger partial charge is 0.366 e. The first-order valence-corrected chi connectivity index (χ1v) is 11.3. The van der Waals surface area contributed by atoms with Gasteiger partial charge in [-0.2, -0.15) is 0 Å². The van der Waals surface area contributed by atoms with Crippen molar-refractivity contribution in [1.82, 2.24) is 8.01 Å². The van der Waals surface area contributed by atoms with Crippen LogP contribution in [0.25, 0.3) is 21.8 Å². The lowest BCUT2D eigenvalue weighted by molar-refractivity contribution is 0.786. The van der Waals surface area contributed by atoms with Gasteiger partial charge >= 0.3 is 0 Å². The molecule has 29 heavy (non-hydrogen) atoms. The zero-order valence-electron chi connectivity index (χ0n) is 17.0. The number of hydrogen-bond donors (Lipinski definition) is 2. The second kappa shape index (κ2) is 10.0. The highest BCUT2D eigenvalue weighted by Crippen LogP contribution is 2.37. The normalized spacial score (nSPS) is 15.9. The molecular weight excluding hydrogens is 493 g/mol. The Labute approximate surface area is 192 Å². The summed E-state index contributed by atoms with van der Waals surface area (Å²) < 4.78 is 2.20. The maximum atomic E-state index is 6.28. The minimum atomic E-state index is 0.489. The van der Waals surface area contributed by atoms with Crippen LogP contribution in [0.4, 0.5) is 5.69 Å². The minimum Gasteiger partial charge on any atom is -0.366 e. The lowest BCUT2D eigenvalue weighted by Gasteiger charge is -2.15. The van der Waals surface area contributed by atoms with E-state index in [2.05, 4.69) is 72.4 Å². The third-order valence-electron chi connectivity index (χ3n) is 4.81. The summed E-state index contributed by atoms with van der Waals surface area (Å²) in [5.41, 5.74) is 4.60. The molecule has 2 heterocycles. The van der Waals surface area contributed by atoms with Crippen LogP contribution in [0, 0.1) is 5.92 Å². The van der Waals surface area contributed by atoms with Crippen molar-refractivity contribution in [1.29, 1.82) is 0 Å². The zero-order valence-corrected chi connectivity index (χ0v) is 19.9. The quantitative estimate of drug-likeness (QED) is 0.310. The van der Waals surface area contributed by atoms with E-state index in [4.69, 9.17) is 19.6 Å². The molecule has 2 radical (unpaired) electrons. The Morgan fingerprint density at radius 3 is 2.72 bits per heavy atom. The highest BCUT2D eigenvalue weighted by molar-refractivity contribution is 14.1. The van der Waals surface area contributed by atoms with Crippen LogP contribution >= 0.6 is 34.5 Å². The monoisotopic (exact) mass is 518 g/mol. The molecular formula is C22H25BClIN4. The molecule has 1 aliphatic rings. The van der Waals surface area contributed by atoms with Crippen molar-refractivity contribution >= 4 is 76.2 Å². The first-order chi connectivity index (χ1) is 14.1. The number of aromatic nitrogens is 1. The van der Waals surface area contributed by atoms with Gasteiger partial charge in [0.15, 0.2) is 7.98 Å². The van der Waals surface area contributed by atoms with Gasteiger partial charge in [-0.3, -0.25) is 2.78 Å². The second-order valence-corrected chi connectivity index (χ2v) is 8.28. The van der Waals surface area contributed by atoms with Gasteiger partial charge in [0.25, 0.3) is 0 Å². The molecule has 1 atom stereocenters. The number of benzene rings is 2. The van der Waals surface area contributed by atoms with E-state index in [0.29, 0.717) is 12.5 Å². The van der Waals surface area contributed by atoms with Crippen molar-refractivity contribution < 1.29 is 0 Å². The van der Waals surface area contributed by atoms with Crippen LogP contribution in [0.3, 0.4) is 0 Å². The topological polar surface area (TPSA) is 41.4 Å². The molecule has 0 saturated heterocycles. The van der Waals surface area contributed by atoms with Gasteiger partial charge in [0, 0.05) is 27.7 Å². The van der Waals surface area contributed by atoms with Crippen molar-refractivity contribution in [3.8, 4) is 0 Å². The molecule has 0 amide bonds. The van der Waals surface area contributed by atoms with Crippen LogP contribution < -0.4 is 10.5 Å². The summed E-state index contributed by atoms with van der Waals surface area (Å²) >= 11 is 8.64. The molecule has 3 aromatic rings. The fraction of sp³-hybridized carbons (Fsp3) is 0.318. The van der Waals surface area contributed by atoms with E-state index < -0.39 is 0 Å². The van der Waals surface area contributed by atoms with Gasteiger partial charge in [-0.25, -0.2) is 4.99 Å². The molecule has 7 heteroatoms. The summed E-state index contributed by atoms with van der Waals surface area (Å²) in [5, 5.41) is 9.29. The van der Waals surface area contributed by atoms with Crippen LogP contribution in [0.15, 0.2) is 47.2 Å². The van der Waals surface area contributed by atoms with Crippen molar-refractivity contribution in [2.75, 3.05) is 11.9 Å². The standard InChI is InChI=1S/C20H19BClIN4.C2H6/c1-12-2-5-19(24-11-12)26-15-8-13(6-7-25-21)20-17(10-15)16-9-14(22)3-4-18(16)27(20)23;1-2/h3-5,8-12,25-26H,2,6-7H2,1H3;1-2H3. The summed E-state index contributed by atoms with van der Waals surface area (Å²) in [4.78, 5) is 4.52. The van der Waals surface area contributed by atoms with Crippen molar-refractivity contribution in [3.05, 3.63) is 52.8 Å². The Hall–Kier alpha value is -1.51. The number of anilines is 1. The van der Waals surface area contributed by atoms with Gasteiger partial charge in [-0.15, -0.1) is 0 Å². The first kappa shape index (κ1) is 22.2.